The summed E-state index contributed by atoms with van der Waals surface area (Å²) < 4.78 is 6.89. The first-order valence-corrected chi connectivity index (χ1v) is 8.70. The summed E-state index contributed by atoms with van der Waals surface area (Å²) in [7, 11) is 0. The molecule has 8 nitrogen and oxygen atoms in total. The third-order valence-corrected chi connectivity index (χ3v) is 3.89. The summed E-state index contributed by atoms with van der Waals surface area (Å²) in [5.74, 6) is 0.269. The number of ether oxygens (including phenoxy) is 1. The van der Waals surface area contributed by atoms with Gasteiger partial charge in [-0.1, -0.05) is 11.6 Å². The molecular weight excluding hydrogens is 358 g/mol. The van der Waals surface area contributed by atoms with Crippen molar-refractivity contribution in [1.29, 1.82) is 0 Å². The molecule has 140 valence electrons. The molecule has 2 amide bonds. The lowest BCUT2D eigenvalue weighted by atomic mass is 10.2. The summed E-state index contributed by atoms with van der Waals surface area (Å²) >= 11 is 6.00. The highest BCUT2D eigenvalue weighted by Crippen LogP contribution is 2.21. The number of hydrogen-bond acceptors (Lipinski definition) is 5. The molecule has 1 aromatic heterocycles. The molecule has 0 unspecified atom stereocenters. The maximum absolute atomic E-state index is 12.0. The van der Waals surface area contributed by atoms with Gasteiger partial charge < -0.3 is 19.9 Å². The summed E-state index contributed by atoms with van der Waals surface area (Å²) in [4.78, 5) is 23.9. The monoisotopic (exact) mass is 379 g/mol. The first-order chi connectivity index (χ1) is 12.4. The molecule has 0 aliphatic rings. The number of urea groups is 1. The quantitative estimate of drug-likeness (QED) is 0.720. The van der Waals surface area contributed by atoms with Crippen LogP contribution in [0.25, 0.3) is 0 Å². The van der Waals surface area contributed by atoms with Crippen LogP contribution in [-0.4, -0.2) is 39.9 Å². The Morgan fingerprint density at radius 3 is 2.81 bits per heavy atom. The average Bonchev–Trinajstić information content (AvgIpc) is 3.05. The molecule has 0 saturated carbocycles. The summed E-state index contributed by atoms with van der Waals surface area (Å²) in [5, 5.41) is 13.6. The molecule has 0 aliphatic carbocycles. The van der Waals surface area contributed by atoms with Crippen LogP contribution in [0.2, 0.25) is 5.02 Å². The number of amides is 2. The van der Waals surface area contributed by atoms with Gasteiger partial charge in [0.2, 0.25) is 0 Å². The van der Waals surface area contributed by atoms with Crippen molar-refractivity contribution in [3.8, 4) is 0 Å². The first kappa shape index (κ1) is 19.7. The lowest BCUT2D eigenvalue weighted by Gasteiger charge is -2.11. The van der Waals surface area contributed by atoms with Crippen LogP contribution in [0, 0.1) is 0 Å². The van der Waals surface area contributed by atoms with Crippen molar-refractivity contribution in [1.82, 2.24) is 20.1 Å². The third kappa shape index (κ3) is 5.19. The smallest absolute Gasteiger partial charge is 0.339 e. The molecule has 0 bridgehead atoms. The van der Waals surface area contributed by atoms with Crippen LogP contribution in [0.4, 0.5) is 10.5 Å². The van der Waals surface area contributed by atoms with E-state index in [9.17, 15) is 9.59 Å². The number of hydrogen-bond donors (Lipinski definition) is 2. The Balaban J connectivity index is 1.90. The normalized spacial score (nSPS) is 10.7. The van der Waals surface area contributed by atoms with Gasteiger partial charge in [0.05, 0.1) is 17.2 Å². The number of benzene rings is 1. The highest BCUT2D eigenvalue weighted by Gasteiger charge is 2.13. The van der Waals surface area contributed by atoms with Gasteiger partial charge in [0.1, 0.15) is 12.2 Å². The van der Waals surface area contributed by atoms with Crippen LogP contribution in [0.1, 0.15) is 43.0 Å². The van der Waals surface area contributed by atoms with Gasteiger partial charge in [-0.15, -0.1) is 10.2 Å². The SMILES string of the molecule is CCOC(=O)c1cc(NC(=O)NCCc2nncn2C(C)C)ccc1Cl. The summed E-state index contributed by atoms with van der Waals surface area (Å²) in [5.41, 5.74) is 0.650. The third-order valence-electron chi connectivity index (χ3n) is 3.56. The largest absolute Gasteiger partial charge is 0.462 e. The Morgan fingerprint density at radius 1 is 1.35 bits per heavy atom. The number of rotatable bonds is 7. The first-order valence-electron chi connectivity index (χ1n) is 8.32. The molecule has 0 atom stereocenters. The van der Waals surface area contributed by atoms with E-state index in [1.165, 1.54) is 12.1 Å². The Labute approximate surface area is 156 Å². The standard InChI is InChI=1S/C17H22ClN5O3/c1-4-26-16(24)13-9-12(5-6-14(13)18)21-17(25)19-8-7-15-22-20-10-23(15)11(2)3/h5-6,9-11H,4,7-8H2,1-3H3,(H2,19,21,25). The van der Waals surface area contributed by atoms with E-state index >= 15 is 0 Å². The lowest BCUT2D eigenvalue weighted by molar-refractivity contribution is 0.0526. The second-order valence-electron chi connectivity index (χ2n) is 5.79. The van der Waals surface area contributed by atoms with E-state index in [1.807, 2.05) is 18.4 Å². The van der Waals surface area contributed by atoms with Crippen molar-refractivity contribution < 1.29 is 14.3 Å². The molecule has 1 heterocycles. The number of anilines is 1. The molecule has 0 spiro atoms. The van der Waals surface area contributed by atoms with Crippen LogP contribution in [0.5, 0.6) is 0 Å². The van der Waals surface area contributed by atoms with Crippen LogP contribution < -0.4 is 10.6 Å². The zero-order valence-electron chi connectivity index (χ0n) is 15.0. The molecule has 26 heavy (non-hydrogen) atoms. The molecular formula is C17H22ClN5O3. The molecule has 2 rings (SSSR count). The van der Waals surface area contributed by atoms with Gasteiger partial charge in [-0.25, -0.2) is 9.59 Å². The van der Waals surface area contributed by atoms with Crippen molar-refractivity contribution in [2.75, 3.05) is 18.5 Å². The molecule has 0 aliphatic heterocycles. The summed E-state index contributed by atoms with van der Waals surface area (Å²) in [6.07, 6.45) is 2.23. The Kier molecular flexibility index (Phi) is 6.97. The molecule has 2 aromatic rings. The summed E-state index contributed by atoms with van der Waals surface area (Å²) in [6, 6.07) is 4.49. The zero-order valence-corrected chi connectivity index (χ0v) is 15.7. The number of esters is 1. The van der Waals surface area contributed by atoms with Crippen LogP contribution in [0.3, 0.4) is 0 Å². The number of nitrogens with one attached hydrogen (secondary N) is 2. The van der Waals surface area contributed by atoms with E-state index in [0.717, 1.165) is 5.82 Å². The Bertz CT molecular complexity index is 776. The van der Waals surface area contributed by atoms with Gasteiger partial charge in [-0.05, 0) is 39.0 Å². The number of carbonyl (C=O) groups is 2. The van der Waals surface area contributed by atoms with Crippen molar-refractivity contribution in [3.63, 3.8) is 0 Å². The minimum atomic E-state index is -0.533. The minimum absolute atomic E-state index is 0.205. The molecule has 2 N–H and O–H groups in total. The van der Waals surface area contributed by atoms with Gasteiger partial charge in [0.15, 0.2) is 0 Å². The van der Waals surface area contributed by atoms with Gasteiger partial charge in [0, 0.05) is 24.7 Å². The van der Waals surface area contributed by atoms with Gasteiger partial charge in [-0.2, -0.15) is 0 Å². The fourth-order valence-corrected chi connectivity index (χ4v) is 2.50. The van der Waals surface area contributed by atoms with Crippen LogP contribution >= 0.6 is 11.6 Å². The average molecular weight is 380 g/mol. The van der Waals surface area contributed by atoms with Crippen molar-refractivity contribution >= 4 is 29.3 Å². The minimum Gasteiger partial charge on any atom is -0.462 e. The number of aromatic nitrogens is 3. The number of halogens is 1. The highest BCUT2D eigenvalue weighted by molar-refractivity contribution is 6.33. The van der Waals surface area contributed by atoms with E-state index in [-0.39, 0.29) is 23.2 Å². The Morgan fingerprint density at radius 2 is 2.12 bits per heavy atom. The van der Waals surface area contributed by atoms with E-state index in [4.69, 9.17) is 16.3 Å². The van der Waals surface area contributed by atoms with Gasteiger partial charge in [0.25, 0.3) is 0 Å². The van der Waals surface area contributed by atoms with E-state index in [2.05, 4.69) is 20.8 Å². The predicted molar refractivity (Wildman–Crippen MR) is 98.5 cm³/mol. The maximum atomic E-state index is 12.0. The van der Waals surface area contributed by atoms with Crippen LogP contribution in [-0.2, 0) is 11.2 Å². The maximum Gasteiger partial charge on any atom is 0.339 e. The fraction of sp³-hybridized carbons (Fsp3) is 0.412. The zero-order chi connectivity index (χ0) is 19.1. The van der Waals surface area contributed by atoms with Crippen molar-refractivity contribution in [2.24, 2.45) is 0 Å². The van der Waals surface area contributed by atoms with Gasteiger partial charge in [-0.3, -0.25) is 0 Å². The van der Waals surface area contributed by atoms with Crippen molar-refractivity contribution in [2.45, 2.75) is 33.2 Å². The van der Waals surface area contributed by atoms with Crippen LogP contribution in [0.15, 0.2) is 24.5 Å². The molecule has 9 heteroatoms. The van der Waals surface area contributed by atoms with E-state index < -0.39 is 12.0 Å². The predicted octanol–water partition coefficient (Wildman–Crippen LogP) is 3.05. The highest BCUT2D eigenvalue weighted by atomic mass is 35.5. The number of nitrogens with zero attached hydrogens (tertiary/aromatic N) is 3. The topological polar surface area (TPSA) is 98.1 Å². The second kappa shape index (κ2) is 9.19. The summed E-state index contributed by atoms with van der Waals surface area (Å²) in [6.45, 7) is 6.43. The molecule has 0 fully saturated rings. The fourth-order valence-electron chi connectivity index (χ4n) is 2.31. The van der Waals surface area contributed by atoms with E-state index in [1.54, 1.807) is 19.3 Å². The van der Waals surface area contributed by atoms with E-state index in [0.29, 0.717) is 18.7 Å². The van der Waals surface area contributed by atoms with Crippen molar-refractivity contribution in [3.05, 3.63) is 40.9 Å². The Hall–Kier alpha value is -2.61. The lowest BCUT2D eigenvalue weighted by Crippen LogP contribution is -2.31. The number of carbonyl (C=O) groups excluding carboxylic acids is 2. The second-order valence-corrected chi connectivity index (χ2v) is 6.20. The molecule has 0 saturated heterocycles. The molecule has 1 aromatic carbocycles. The molecule has 0 radical (unpaired) electrons. The van der Waals surface area contributed by atoms with Gasteiger partial charge >= 0.3 is 12.0 Å².